The number of amides is 1. The Bertz CT molecular complexity index is 637. The Balaban J connectivity index is 2.15. The van der Waals surface area contributed by atoms with Gasteiger partial charge >= 0.3 is 0 Å². The van der Waals surface area contributed by atoms with Gasteiger partial charge in [-0.2, -0.15) is 5.10 Å². The molecule has 0 atom stereocenters. The summed E-state index contributed by atoms with van der Waals surface area (Å²) in [6, 6.07) is 10.8. The molecule has 1 aromatic carbocycles. The van der Waals surface area contributed by atoms with Gasteiger partial charge in [0, 0.05) is 0 Å². The summed E-state index contributed by atoms with van der Waals surface area (Å²) in [6.45, 7) is 7.94. The highest BCUT2D eigenvalue weighted by molar-refractivity contribution is 6.03. The first kappa shape index (κ1) is 15.9. The van der Waals surface area contributed by atoms with Gasteiger partial charge in [-0.15, -0.1) is 5.10 Å². The summed E-state index contributed by atoms with van der Waals surface area (Å²) in [5.41, 5.74) is 1.76. The number of rotatable bonds is 5. The Kier molecular flexibility index (Phi) is 5.09. The summed E-state index contributed by atoms with van der Waals surface area (Å²) in [7, 11) is 0. The number of ether oxygens (including phenoxy) is 1. The van der Waals surface area contributed by atoms with Crippen molar-refractivity contribution < 1.29 is 9.53 Å². The Hall–Kier alpha value is -2.43. The molecule has 1 N–H and O–H groups in total. The van der Waals surface area contributed by atoms with Crippen molar-refractivity contribution in [1.82, 2.24) is 10.2 Å². The lowest BCUT2D eigenvalue weighted by atomic mass is 10.1. The summed E-state index contributed by atoms with van der Waals surface area (Å²) in [5, 5.41) is 10.9. The second kappa shape index (κ2) is 7.02. The van der Waals surface area contributed by atoms with Crippen molar-refractivity contribution in [2.45, 2.75) is 39.7 Å². The molecule has 0 spiro atoms. The molecule has 0 saturated heterocycles. The topological polar surface area (TPSA) is 64.1 Å². The Labute approximate surface area is 130 Å². The lowest BCUT2D eigenvalue weighted by Crippen LogP contribution is -2.16. The van der Waals surface area contributed by atoms with Crippen LogP contribution in [0.15, 0.2) is 36.4 Å². The molecular weight excluding hydrogens is 278 g/mol. The van der Waals surface area contributed by atoms with E-state index in [-0.39, 0.29) is 23.6 Å². The number of hydrogen-bond donors (Lipinski definition) is 1. The third-order valence-corrected chi connectivity index (χ3v) is 3.01. The number of nitrogens with one attached hydrogen (secondary N) is 1. The van der Waals surface area contributed by atoms with Crippen LogP contribution in [0, 0.1) is 0 Å². The highest BCUT2D eigenvalue weighted by Crippen LogP contribution is 2.25. The number of anilines is 1. The third-order valence-electron chi connectivity index (χ3n) is 3.01. The molecule has 0 aliphatic carbocycles. The molecule has 5 nitrogen and oxygen atoms in total. The van der Waals surface area contributed by atoms with Crippen LogP contribution in [0.4, 0.5) is 5.69 Å². The van der Waals surface area contributed by atoms with Gasteiger partial charge in [-0.05, 0) is 44.0 Å². The average Bonchev–Trinajstić information content (AvgIpc) is 2.48. The van der Waals surface area contributed by atoms with Gasteiger partial charge in [0.05, 0.1) is 17.5 Å². The fraction of sp³-hybridized carbons (Fsp3) is 0.353. The van der Waals surface area contributed by atoms with Crippen molar-refractivity contribution in [3.05, 3.63) is 47.8 Å². The van der Waals surface area contributed by atoms with E-state index in [4.69, 9.17) is 4.74 Å². The number of carbonyl (C=O) groups excluding carboxylic acids is 1. The van der Waals surface area contributed by atoms with Gasteiger partial charge in [0.2, 0.25) is 0 Å². The largest absolute Gasteiger partial charge is 0.489 e. The zero-order chi connectivity index (χ0) is 16.1. The second-order valence-corrected chi connectivity index (χ2v) is 5.62. The van der Waals surface area contributed by atoms with Crippen LogP contribution >= 0.6 is 0 Å². The van der Waals surface area contributed by atoms with Gasteiger partial charge in [-0.1, -0.05) is 26.0 Å². The molecule has 0 unspecified atom stereocenters. The van der Waals surface area contributed by atoms with Crippen molar-refractivity contribution in [3.8, 4) is 5.75 Å². The smallest absolute Gasteiger partial charge is 0.276 e. The Morgan fingerprint density at radius 3 is 2.36 bits per heavy atom. The van der Waals surface area contributed by atoms with E-state index < -0.39 is 0 Å². The van der Waals surface area contributed by atoms with Crippen LogP contribution in [-0.2, 0) is 0 Å². The molecule has 0 saturated carbocycles. The van der Waals surface area contributed by atoms with Crippen LogP contribution in [0.5, 0.6) is 5.75 Å². The molecule has 0 radical (unpaired) electrons. The van der Waals surface area contributed by atoms with Crippen LogP contribution in [0.2, 0.25) is 0 Å². The Morgan fingerprint density at radius 1 is 1.05 bits per heavy atom. The fourth-order valence-corrected chi connectivity index (χ4v) is 1.88. The summed E-state index contributed by atoms with van der Waals surface area (Å²) in [4.78, 5) is 12.3. The van der Waals surface area contributed by atoms with Crippen LogP contribution < -0.4 is 10.1 Å². The zero-order valence-corrected chi connectivity index (χ0v) is 13.3. The van der Waals surface area contributed by atoms with Crippen molar-refractivity contribution in [2.75, 3.05) is 5.32 Å². The van der Waals surface area contributed by atoms with Crippen molar-refractivity contribution in [3.63, 3.8) is 0 Å². The van der Waals surface area contributed by atoms with Crippen molar-refractivity contribution in [2.24, 2.45) is 0 Å². The fourth-order valence-electron chi connectivity index (χ4n) is 1.88. The van der Waals surface area contributed by atoms with Gasteiger partial charge in [-0.25, -0.2) is 0 Å². The maximum absolute atomic E-state index is 12.3. The SMILES string of the molecule is CC(C)Oc1ccccc1NC(=O)c1ccc(C(C)C)nn1. The molecular formula is C17H21N3O2. The molecule has 0 bridgehead atoms. The van der Waals surface area contributed by atoms with E-state index in [2.05, 4.69) is 15.5 Å². The van der Waals surface area contributed by atoms with E-state index in [0.717, 1.165) is 5.69 Å². The molecule has 1 heterocycles. The molecule has 5 heteroatoms. The van der Waals surface area contributed by atoms with Gasteiger partial charge in [-0.3, -0.25) is 4.79 Å². The van der Waals surface area contributed by atoms with Crippen LogP contribution in [0.3, 0.4) is 0 Å². The molecule has 0 aliphatic heterocycles. The van der Waals surface area contributed by atoms with E-state index in [1.165, 1.54) is 0 Å². The molecule has 2 rings (SSSR count). The predicted molar refractivity (Wildman–Crippen MR) is 86.3 cm³/mol. The maximum atomic E-state index is 12.3. The third kappa shape index (κ3) is 4.04. The molecule has 116 valence electrons. The van der Waals surface area contributed by atoms with E-state index in [1.54, 1.807) is 12.1 Å². The average molecular weight is 299 g/mol. The molecule has 2 aromatic rings. The van der Waals surface area contributed by atoms with Crippen LogP contribution in [0.25, 0.3) is 0 Å². The monoisotopic (exact) mass is 299 g/mol. The number of para-hydroxylation sites is 2. The first-order valence-electron chi connectivity index (χ1n) is 7.38. The van der Waals surface area contributed by atoms with Gasteiger partial charge < -0.3 is 10.1 Å². The van der Waals surface area contributed by atoms with E-state index in [9.17, 15) is 4.79 Å². The van der Waals surface area contributed by atoms with E-state index in [0.29, 0.717) is 11.4 Å². The highest BCUT2D eigenvalue weighted by atomic mass is 16.5. The molecule has 22 heavy (non-hydrogen) atoms. The molecule has 0 fully saturated rings. The normalized spacial score (nSPS) is 10.8. The minimum atomic E-state index is -0.303. The number of hydrogen-bond acceptors (Lipinski definition) is 4. The van der Waals surface area contributed by atoms with Crippen LogP contribution in [-0.4, -0.2) is 22.2 Å². The van der Waals surface area contributed by atoms with Crippen molar-refractivity contribution >= 4 is 11.6 Å². The van der Waals surface area contributed by atoms with E-state index >= 15 is 0 Å². The summed E-state index contributed by atoms with van der Waals surface area (Å²) >= 11 is 0. The minimum absolute atomic E-state index is 0.0307. The first-order chi connectivity index (χ1) is 10.5. The molecule has 1 aromatic heterocycles. The number of nitrogens with zero attached hydrogens (tertiary/aromatic N) is 2. The predicted octanol–water partition coefficient (Wildman–Crippen LogP) is 3.64. The number of aromatic nitrogens is 2. The summed E-state index contributed by atoms with van der Waals surface area (Å²) in [6.07, 6.45) is 0.0307. The number of carbonyl (C=O) groups is 1. The summed E-state index contributed by atoms with van der Waals surface area (Å²) in [5.74, 6) is 0.616. The van der Waals surface area contributed by atoms with Gasteiger partial charge in [0.1, 0.15) is 5.75 Å². The standard InChI is InChI=1S/C17H21N3O2/c1-11(2)13-9-10-15(20-19-13)17(21)18-14-7-5-6-8-16(14)22-12(3)4/h5-12H,1-4H3,(H,18,21). The second-order valence-electron chi connectivity index (χ2n) is 5.62. The molecule has 0 aliphatic rings. The highest BCUT2D eigenvalue weighted by Gasteiger charge is 2.13. The quantitative estimate of drug-likeness (QED) is 0.915. The van der Waals surface area contributed by atoms with Crippen LogP contribution in [0.1, 0.15) is 49.8 Å². The number of benzene rings is 1. The molecule has 1 amide bonds. The lowest BCUT2D eigenvalue weighted by Gasteiger charge is -2.14. The van der Waals surface area contributed by atoms with E-state index in [1.807, 2.05) is 52.0 Å². The summed E-state index contributed by atoms with van der Waals surface area (Å²) < 4.78 is 5.68. The zero-order valence-electron chi connectivity index (χ0n) is 13.3. The first-order valence-corrected chi connectivity index (χ1v) is 7.38. The lowest BCUT2D eigenvalue weighted by molar-refractivity contribution is 0.102. The minimum Gasteiger partial charge on any atom is -0.489 e. The maximum Gasteiger partial charge on any atom is 0.276 e. The Morgan fingerprint density at radius 2 is 1.77 bits per heavy atom. The van der Waals surface area contributed by atoms with Gasteiger partial charge in [0.15, 0.2) is 5.69 Å². The van der Waals surface area contributed by atoms with Crippen molar-refractivity contribution in [1.29, 1.82) is 0 Å². The van der Waals surface area contributed by atoms with Gasteiger partial charge in [0.25, 0.3) is 5.91 Å².